The van der Waals surface area contributed by atoms with Crippen LogP contribution in [0.25, 0.3) is 45.6 Å². The van der Waals surface area contributed by atoms with Gasteiger partial charge in [-0.3, -0.25) is 0 Å². The monoisotopic (exact) mass is 684 g/mol. The van der Waals surface area contributed by atoms with Gasteiger partial charge in [-0.05, 0) is 11.1 Å². The van der Waals surface area contributed by atoms with Crippen LogP contribution in [-0.2, 0) is 27.4 Å². The molecule has 0 radical (unpaired) electrons. The van der Waals surface area contributed by atoms with Crippen molar-refractivity contribution in [1.29, 1.82) is 0 Å². The van der Waals surface area contributed by atoms with Gasteiger partial charge >= 0.3 is 12.2 Å². The number of rotatable bonds is 14. The molecule has 0 atom stereocenters. The van der Waals surface area contributed by atoms with Crippen LogP contribution in [0.1, 0.15) is 11.1 Å². The zero-order chi connectivity index (χ0) is 35.1. The molecule has 0 saturated carbocycles. The molecule has 0 aliphatic carbocycles. The Labute approximate surface area is 292 Å². The molecule has 0 aliphatic heterocycles. The summed E-state index contributed by atoms with van der Waals surface area (Å²) in [5.74, 6) is 1.68. The summed E-state index contributed by atoms with van der Waals surface area (Å²) in [4.78, 5) is 24.1. The maximum atomic E-state index is 12.1. The SMILES string of the molecule is O=C(NCCOCCNC(=O)OCc1ccc(-c2nnc(-c3ccccc3)nn2)cc1)OCc1ccc(-c2nnc(-c3ccccc3)nn2)cc1. The number of nitrogens with zero attached hydrogens (tertiary/aromatic N) is 8. The second kappa shape index (κ2) is 17.6. The lowest BCUT2D eigenvalue weighted by molar-refractivity contribution is 0.113. The largest absolute Gasteiger partial charge is 0.445 e. The van der Waals surface area contributed by atoms with Crippen molar-refractivity contribution in [2.24, 2.45) is 0 Å². The molecule has 6 rings (SSSR count). The maximum Gasteiger partial charge on any atom is 0.407 e. The summed E-state index contributed by atoms with van der Waals surface area (Å²) in [7, 11) is 0. The van der Waals surface area contributed by atoms with Gasteiger partial charge in [-0.25, -0.2) is 9.59 Å². The van der Waals surface area contributed by atoms with Gasteiger partial charge in [0.05, 0.1) is 13.2 Å². The van der Waals surface area contributed by atoms with Gasteiger partial charge in [-0.1, -0.05) is 109 Å². The zero-order valence-corrected chi connectivity index (χ0v) is 27.3. The fourth-order valence-corrected chi connectivity index (χ4v) is 4.55. The molecule has 15 nitrogen and oxygen atoms in total. The van der Waals surface area contributed by atoms with Crippen LogP contribution in [0.15, 0.2) is 109 Å². The third-order valence-electron chi connectivity index (χ3n) is 7.22. The predicted molar refractivity (Wildman–Crippen MR) is 184 cm³/mol. The number of benzene rings is 4. The van der Waals surface area contributed by atoms with Gasteiger partial charge in [0.2, 0.25) is 23.3 Å². The molecule has 256 valence electrons. The number of carbonyl (C=O) groups excluding carboxylic acids is 2. The van der Waals surface area contributed by atoms with Crippen LogP contribution in [0, 0.1) is 0 Å². The normalized spacial score (nSPS) is 10.7. The minimum Gasteiger partial charge on any atom is -0.445 e. The number of hydrogen-bond donors (Lipinski definition) is 2. The molecule has 0 spiro atoms. The molecule has 2 N–H and O–H groups in total. The molecule has 2 aromatic heterocycles. The Balaban J connectivity index is 0.804. The highest BCUT2D eigenvalue weighted by Crippen LogP contribution is 2.18. The van der Waals surface area contributed by atoms with Gasteiger partial charge in [0.1, 0.15) is 13.2 Å². The highest BCUT2D eigenvalue weighted by molar-refractivity contribution is 5.67. The molecule has 0 saturated heterocycles. The number of carbonyl (C=O) groups is 2. The van der Waals surface area contributed by atoms with E-state index in [4.69, 9.17) is 14.2 Å². The molecule has 0 bridgehead atoms. The lowest BCUT2D eigenvalue weighted by Crippen LogP contribution is -2.30. The van der Waals surface area contributed by atoms with Crippen molar-refractivity contribution in [3.8, 4) is 45.6 Å². The molecule has 0 unspecified atom stereocenters. The maximum absolute atomic E-state index is 12.1. The second-order valence-electron chi connectivity index (χ2n) is 10.8. The Morgan fingerprint density at radius 3 is 1.08 bits per heavy atom. The minimum atomic E-state index is -0.576. The first-order chi connectivity index (χ1) is 25.1. The fraction of sp³-hybridized carbons (Fsp3) is 0.167. The van der Waals surface area contributed by atoms with E-state index in [2.05, 4.69) is 51.4 Å². The van der Waals surface area contributed by atoms with Crippen molar-refractivity contribution in [1.82, 2.24) is 51.4 Å². The van der Waals surface area contributed by atoms with Crippen LogP contribution < -0.4 is 10.6 Å². The Bertz CT molecular complexity index is 1840. The summed E-state index contributed by atoms with van der Waals surface area (Å²) in [6.07, 6.45) is -1.15. The lowest BCUT2D eigenvalue weighted by Gasteiger charge is -2.09. The highest BCUT2D eigenvalue weighted by Gasteiger charge is 2.09. The van der Waals surface area contributed by atoms with Gasteiger partial charge in [0, 0.05) is 35.3 Å². The van der Waals surface area contributed by atoms with Crippen molar-refractivity contribution < 1.29 is 23.8 Å². The first-order valence-electron chi connectivity index (χ1n) is 15.9. The number of aromatic nitrogens is 8. The first-order valence-corrected chi connectivity index (χ1v) is 15.9. The van der Waals surface area contributed by atoms with E-state index >= 15 is 0 Å². The van der Waals surface area contributed by atoms with Crippen LogP contribution in [0.2, 0.25) is 0 Å². The van der Waals surface area contributed by atoms with Gasteiger partial charge in [-0.15, -0.1) is 40.8 Å². The number of amides is 2. The smallest absolute Gasteiger partial charge is 0.407 e. The summed E-state index contributed by atoms with van der Waals surface area (Å²) in [5.41, 5.74) is 4.72. The van der Waals surface area contributed by atoms with E-state index < -0.39 is 12.2 Å². The Morgan fingerprint density at radius 1 is 0.431 bits per heavy atom. The Kier molecular flexibility index (Phi) is 11.8. The number of ether oxygens (including phenoxy) is 3. The van der Waals surface area contributed by atoms with Crippen molar-refractivity contribution in [3.63, 3.8) is 0 Å². The van der Waals surface area contributed by atoms with Crippen LogP contribution in [0.4, 0.5) is 9.59 Å². The second-order valence-corrected chi connectivity index (χ2v) is 10.8. The van der Waals surface area contributed by atoms with E-state index in [9.17, 15) is 9.59 Å². The van der Waals surface area contributed by atoms with Crippen molar-refractivity contribution >= 4 is 12.2 Å². The zero-order valence-electron chi connectivity index (χ0n) is 27.3. The molecule has 51 heavy (non-hydrogen) atoms. The number of nitrogens with one attached hydrogen (secondary N) is 2. The van der Waals surface area contributed by atoms with E-state index in [1.165, 1.54) is 0 Å². The van der Waals surface area contributed by atoms with E-state index in [-0.39, 0.29) is 39.5 Å². The first kappa shape index (κ1) is 34.1. The fourth-order valence-electron chi connectivity index (χ4n) is 4.55. The average Bonchev–Trinajstić information content (AvgIpc) is 3.20. The summed E-state index contributed by atoms with van der Waals surface area (Å²) < 4.78 is 16.0. The molecule has 2 amide bonds. The van der Waals surface area contributed by atoms with E-state index in [0.29, 0.717) is 23.3 Å². The van der Waals surface area contributed by atoms with Crippen molar-refractivity contribution in [3.05, 3.63) is 120 Å². The van der Waals surface area contributed by atoms with Crippen LogP contribution in [-0.4, -0.2) is 79.3 Å². The summed E-state index contributed by atoms with van der Waals surface area (Å²) in [6.45, 7) is 1.12. The number of hydrogen-bond acceptors (Lipinski definition) is 13. The average molecular weight is 685 g/mol. The highest BCUT2D eigenvalue weighted by atomic mass is 16.6. The van der Waals surface area contributed by atoms with Gasteiger partial charge < -0.3 is 24.8 Å². The van der Waals surface area contributed by atoms with E-state index in [1.54, 1.807) is 0 Å². The van der Waals surface area contributed by atoms with E-state index in [1.807, 2.05) is 109 Å². The van der Waals surface area contributed by atoms with Crippen molar-refractivity contribution in [2.75, 3.05) is 26.3 Å². The molecular formula is C36H32N10O5. The van der Waals surface area contributed by atoms with Gasteiger partial charge in [-0.2, -0.15) is 0 Å². The van der Waals surface area contributed by atoms with Crippen LogP contribution in [0.3, 0.4) is 0 Å². The van der Waals surface area contributed by atoms with Crippen LogP contribution in [0.5, 0.6) is 0 Å². The van der Waals surface area contributed by atoms with Crippen molar-refractivity contribution in [2.45, 2.75) is 13.2 Å². The molecule has 0 fully saturated rings. The molecule has 15 heteroatoms. The molecule has 4 aromatic carbocycles. The predicted octanol–water partition coefficient (Wildman–Crippen LogP) is 4.68. The molecule has 0 aliphatic rings. The molecule has 6 aromatic rings. The summed E-state index contributed by atoms with van der Waals surface area (Å²) in [5, 5.41) is 38.6. The van der Waals surface area contributed by atoms with Crippen LogP contribution >= 0.6 is 0 Å². The molecular weight excluding hydrogens is 652 g/mol. The van der Waals surface area contributed by atoms with Gasteiger partial charge in [0.25, 0.3) is 0 Å². The van der Waals surface area contributed by atoms with E-state index in [0.717, 1.165) is 33.4 Å². The third kappa shape index (κ3) is 10.1. The summed E-state index contributed by atoms with van der Waals surface area (Å²) in [6, 6.07) is 33.5. The number of alkyl carbamates (subject to hydrolysis) is 2. The Hall–Kier alpha value is -6.74. The third-order valence-corrected chi connectivity index (χ3v) is 7.22. The van der Waals surface area contributed by atoms with Gasteiger partial charge in [0.15, 0.2) is 0 Å². The topological polar surface area (TPSA) is 189 Å². The standard InChI is InChI=1S/C36H32N10O5/c47-35(50-23-25-11-15-29(16-12-25)33-43-39-31(40-44-33)27-7-3-1-4-8-27)37-19-21-49-22-20-38-36(48)51-24-26-13-17-30(18-14-26)34-45-41-32(42-46-34)28-9-5-2-6-10-28/h1-18H,19-24H2,(H,37,47)(H,38,48). The minimum absolute atomic E-state index is 0.0831. The summed E-state index contributed by atoms with van der Waals surface area (Å²) >= 11 is 0. The Morgan fingerprint density at radius 2 is 0.745 bits per heavy atom. The quantitative estimate of drug-likeness (QED) is 0.151. The molecule has 2 heterocycles. The lowest BCUT2D eigenvalue weighted by atomic mass is 10.1.